The Bertz CT molecular complexity index is 2180. The van der Waals surface area contributed by atoms with Gasteiger partial charge in [-0.25, -0.2) is 0 Å². The van der Waals surface area contributed by atoms with Crippen LogP contribution >= 0.6 is 0 Å². The Morgan fingerprint density at radius 3 is 2.29 bits per heavy atom. The molecule has 6 aliphatic rings. The number of hydrogen-bond acceptors (Lipinski definition) is 4. The molecule has 0 amide bonds. The minimum Gasteiger partial charge on any atom is -0.489 e. The first-order valence-electron chi connectivity index (χ1n) is 18.3. The third-order valence-corrected chi connectivity index (χ3v) is 12.0. The van der Waals surface area contributed by atoms with E-state index in [1.165, 1.54) is 33.4 Å². The molecule has 4 nitrogen and oxygen atoms in total. The van der Waals surface area contributed by atoms with Gasteiger partial charge in [-0.15, -0.1) is 0 Å². The van der Waals surface area contributed by atoms with Crippen molar-refractivity contribution in [3.63, 3.8) is 0 Å². The standard InChI is InChI=1S/C47H40N2O2/c1-3-11-31(12-4-1)33-17-21-37-43(27-33)50-44-28-34(32-13-5-2-6-14-32)18-22-38(44)47(37)39-23-19-35(41-15-7-9-25-48-41)29-45(39)51-46-30-36(20-24-40(46)47)42-16-8-10-26-49-42/h1-21,23-27,29-30,38-41,44-46,48H,22,28H2. The summed E-state index contributed by atoms with van der Waals surface area (Å²) in [4.78, 5) is 4.73. The second-order valence-electron chi connectivity index (χ2n) is 14.5. The fourth-order valence-electron chi connectivity index (χ4n) is 9.79. The molecule has 1 spiro atoms. The highest BCUT2D eigenvalue weighted by atomic mass is 16.5. The zero-order valence-corrected chi connectivity index (χ0v) is 28.4. The van der Waals surface area contributed by atoms with Crippen molar-refractivity contribution >= 4 is 11.1 Å². The minimum atomic E-state index is -0.281. The summed E-state index contributed by atoms with van der Waals surface area (Å²) in [5.74, 6) is 1.47. The summed E-state index contributed by atoms with van der Waals surface area (Å²) in [6.07, 6.45) is 28.7. The molecule has 4 heterocycles. The Morgan fingerprint density at radius 2 is 1.51 bits per heavy atom. The number of rotatable bonds is 4. The summed E-state index contributed by atoms with van der Waals surface area (Å²) in [6, 6.07) is 34.8. The molecule has 0 radical (unpaired) electrons. The van der Waals surface area contributed by atoms with Crippen LogP contribution in [0, 0.1) is 17.8 Å². The van der Waals surface area contributed by atoms with Crippen molar-refractivity contribution in [1.82, 2.24) is 10.3 Å². The van der Waals surface area contributed by atoms with Crippen LogP contribution in [0.25, 0.3) is 22.3 Å². The fourth-order valence-corrected chi connectivity index (χ4v) is 9.79. The van der Waals surface area contributed by atoms with Gasteiger partial charge in [0.2, 0.25) is 0 Å². The maximum absolute atomic E-state index is 7.26. The zero-order valence-electron chi connectivity index (χ0n) is 28.4. The van der Waals surface area contributed by atoms with E-state index in [1.807, 2.05) is 24.5 Å². The minimum absolute atomic E-state index is 0.0181. The van der Waals surface area contributed by atoms with Gasteiger partial charge in [-0.05, 0) is 82.5 Å². The molecule has 0 saturated carbocycles. The Morgan fingerprint density at radius 1 is 0.725 bits per heavy atom. The number of benzene rings is 3. The first-order valence-corrected chi connectivity index (χ1v) is 18.3. The van der Waals surface area contributed by atoms with Crippen LogP contribution < -0.4 is 10.1 Å². The highest BCUT2D eigenvalue weighted by Crippen LogP contribution is 2.63. The van der Waals surface area contributed by atoms with Gasteiger partial charge in [0.15, 0.2) is 0 Å². The number of fused-ring (bicyclic) bond motifs is 8. The van der Waals surface area contributed by atoms with Crippen LogP contribution in [0.3, 0.4) is 0 Å². The van der Waals surface area contributed by atoms with Crippen molar-refractivity contribution in [3.8, 4) is 16.9 Å². The van der Waals surface area contributed by atoms with Gasteiger partial charge in [-0.3, -0.25) is 4.98 Å². The molecule has 8 unspecified atom stereocenters. The van der Waals surface area contributed by atoms with Crippen molar-refractivity contribution in [3.05, 3.63) is 193 Å². The quantitative estimate of drug-likeness (QED) is 0.236. The molecule has 250 valence electrons. The highest BCUT2D eigenvalue weighted by Gasteiger charge is 2.63. The number of nitrogens with one attached hydrogen (secondary N) is 1. The Hall–Kier alpha value is -5.45. The summed E-state index contributed by atoms with van der Waals surface area (Å²) >= 11 is 0. The molecular weight excluding hydrogens is 625 g/mol. The summed E-state index contributed by atoms with van der Waals surface area (Å²) in [7, 11) is 0. The van der Waals surface area contributed by atoms with Crippen molar-refractivity contribution in [2.75, 3.05) is 0 Å². The lowest BCUT2D eigenvalue weighted by Crippen LogP contribution is -2.64. The number of aromatic nitrogens is 1. The van der Waals surface area contributed by atoms with Gasteiger partial charge in [0.25, 0.3) is 0 Å². The third-order valence-electron chi connectivity index (χ3n) is 12.0. The molecule has 1 aromatic heterocycles. The van der Waals surface area contributed by atoms with Crippen LogP contribution in [0.1, 0.15) is 29.7 Å². The molecular formula is C47H40N2O2. The van der Waals surface area contributed by atoms with Gasteiger partial charge < -0.3 is 14.8 Å². The number of dihydropyridines is 1. The predicted octanol–water partition coefficient (Wildman–Crippen LogP) is 9.43. The summed E-state index contributed by atoms with van der Waals surface area (Å²) < 4.78 is 14.5. The molecule has 51 heavy (non-hydrogen) atoms. The normalized spacial score (nSPS) is 31.1. The lowest BCUT2D eigenvalue weighted by Gasteiger charge is -2.62. The Kier molecular flexibility index (Phi) is 7.39. The first-order chi connectivity index (χ1) is 25.3. The Labute approximate surface area is 299 Å². The van der Waals surface area contributed by atoms with E-state index in [4.69, 9.17) is 14.5 Å². The molecule has 1 fully saturated rings. The van der Waals surface area contributed by atoms with E-state index in [1.54, 1.807) is 0 Å². The lowest BCUT2D eigenvalue weighted by molar-refractivity contribution is -0.133. The largest absolute Gasteiger partial charge is 0.489 e. The van der Waals surface area contributed by atoms with E-state index < -0.39 is 0 Å². The molecule has 3 aromatic carbocycles. The maximum Gasteiger partial charge on any atom is 0.124 e. The lowest BCUT2D eigenvalue weighted by atomic mass is 9.47. The first kappa shape index (κ1) is 30.4. The second-order valence-corrected chi connectivity index (χ2v) is 14.5. The van der Waals surface area contributed by atoms with Crippen LogP contribution in [0.5, 0.6) is 5.75 Å². The van der Waals surface area contributed by atoms with Gasteiger partial charge in [-0.2, -0.15) is 0 Å². The fraction of sp³-hybridized carbons (Fsp3) is 0.213. The number of nitrogens with zero attached hydrogens (tertiary/aromatic N) is 1. The molecule has 4 aromatic rings. The maximum atomic E-state index is 7.26. The van der Waals surface area contributed by atoms with E-state index >= 15 is 0 Å². The average molecular weight is 665 g/mol. The summed E-state index contributed by atoms with van der Waals surface area (Å²) in [6.45, 7) is 0. The zero-order chi connectivity index (χ0) is 33.8. The number of hydrogen-bond donors (Lipinski definition) is 1. The summed E-state index contributed by atoms with van der Waals surface area (Å²) in [5.41, 5.74) is 9.38. The molecule has 10 rings (SSSR count). The molecule has 1 N–H and O–H groups in total. The van der Waals surface area contributed by atoms with Crippen LogP contribution in [0.4, 0.5) is 0 Å². The van der Waals surface area contributed by atoms with Gasteiger partial charge in [0.1, 0.15) is 11.9 Å². The summed E-state index contributed by atoms with van der Waals surface area (Å²) in [5, 5.41) is 3.54. The van der Waals surface area contributed by atoms with E-state index in [0.29, 0.717) is 0 Å². The van der Waals surface area contributed by atoms with E-state index in [9.17, 15) is 0 Å². The molecule has 1 saturated heterocycles. The molecule has 0 bridgehead atoms. The number of allylic oxidation sites excluding steroid dienone is 5. The topological polar surface area (TPSA) is 43.4 Å². The number of pyridine rings is 1. The van der Waals surface area contributed by atoms with Crippen molar-refractivity contribution in [2.45, 2.75) is 42.6 Å². The van der Waals surface area contributed by atoms with Crippen molar-refractivity contribution in [2.24, 2.45) is 17.8 Å². The smallest absolute Gasteiger partial charge is 0.124 e. The van der Waals surface area contributed by atoms with Crippen LogP contribution in [0.2, 0.25) is 0 Å². The van der Waals surface area contributed by atoms with Crippen LogP contribution in [-0.2, 0) is 10.2 Å². The molecule has 3 aliphatic carbocycles. The molecule has 8 atom stereocenters. The SMILES string of the molecule is C1=CNC(C2=CC3OC4C=C(c5ccccn5)C=CC4C4(c5ccc(-c6ccccc6)cc5OC5CC(c6ccccc6)=CCC54)C3C=C2)C=C1. The third kappa shape index (κ3) is 5.04. The van der Waals surface area contributed by atoms with Gasteiger partial charge in [-0.1, -0.05) is 121 Å². The monoisotopic (exact) mass is 664 g/mol. The van der Waals surface area contributed by atoms with Crippen LogP contribution in [0.15, 0.2) is 176 Å². The van der Waals surface area contributed by atoms with E-state index in [0.717, 1.165) is 29.9 Å². The van der Waals surface area contributed by atoms with Gasteiger partial charge in [0, 0.05) is 41.3 Å². The highest BCUT2D eigenvalue weighted by molar-refractivity contribution is 5.75. The van der Waals surface area contributed by atoms with E-state index in [2.05, 4.69) is 151 Å². The predicted molar refractivity (Wildman–Crippen MR) is 205 cm³/mol. The van der Waals surface area contributed by atoms with E-state index in [-0.39, 0.29) is 47.5 Å². The number of ether oxygens (including phenoxy) is 2. The van der Waals surface area contributed by atoms with Gasteiger partial charge >= 0.3 is 0 Å². The van der Waals surface area contributed by atoms with Crippen LogP contribution in [-0.4, -0.2) is 29.3 Å². The Balaban J connectivity index is 1.16. The second kappa shape index (κ2) is 12.4. The van der Waals surface area contributed by atoms with Gasteiger partial charge in [0.05, 0.1) is 23.9 Å². The molecule has 4 heteroatoms. The molecule has 3 aliphatic heterocycles. The average Bonchev–Trinajstić information content (AvgIpc) is 3.21. The van der Waals surface area contributed by atoms with Crippen molar-refractivity contribution < 1.29 is 9.47 Å². The van der Waals surface area contributed by atoms with Crippen molar-refractivity contribution in [1.29, 1.82) is 0 Å².